The van der Waals surface area contributed by atoms with E-state index in [1.54, 1.807) is 24.8 Å². The van der Waals surface area contributed by atoms with E-state index >= 15 is 0 Å². The van der Waals surface area contributed by atoms with E-state index in [-0.39, 0.29) is 36.5 Å². The third kappa shape index (κ3) is 4.92. The fourth-order valence-corrected chi connectivity index (χ4v) is 0.440. The molecular weight excluding hydrogens is 237 g/mol. The van der Waals surface area contributed by atoms with E-state index in [4.69, 9.17) is 0 Å². The van der Waals surface area contributed by atoms with Gasteiger partial charge in [0.25, 0.3) is 6.33 Å². The topological polar surface area (TPSA) is 16.8 Å². The zero-order valence-electron chi connectivity index (χ0n) is 4.62. The molecule has 0 aromatic carbocycles. The van der Waals surface area contributed by atoms with Gasteiger partial charge in [0.2, 0.25) is 0 Å². The zero-order chi connectivity index (χ0) is 5.11. The molecule has 2 nitrogen and oxygen atoms in total. The van der Waals surface area contributed by atoms with Crippen molar-refractivity contribution in [2.45, 2.75) is 0 Å². The van der Waals surface area contributed by atoms with Gasteiger partial charge in [0.05, 0.1) is 6.20 Å². The third-order valence-electron chi connectivity index (χ3n) is 0.586. The van der Waals surface area contributed by atoms with E-state index in [2.05, 4.69) is 17.8 Å². The Morgan fingerprint density at radius 2 is 2.11 bits per heavy atom. The van der Waals surface area contributed by atoms with Crippen LogP contribution in [0.4, 0.5) is 0 Å². The molecule has 49 valence electrons. The van der Waals surface area contributed by atoms with Crippen LogP contribution in [0.25, 0.3) is 0 Å². The van der Waals surface area contributed by atoms with Crippen LogP contribution in [0.1, 0.15) is 0 Å². The minimum atomic E-state index is 0. The number of aromatic nitrogens is 2. The van der Waals surface area contributed by atoms with Crippen molar-refractivity contribution in [1.29, 1.82) is 0 Å². The first-order valence-corrected chi connectivity index (χ1v) is 2.25. The summed E-state index contributed by atoms with van der Waals surface area (Å²) < 4.78 is 1.47. The van der Waals surface area contributed by atoms with E-state index in [0.717, 1.165) is 0 Å². The molecule has 0 amide bonds. The van der Waals surface area contributed by atoms with Crippen LogP contribution in [0.2, 0.25) is 0 Å². The molecule has 1 aromatic rings. The van der Waals surface area contributed by atoms with Crippen LogP contribution in [0.3, 0.4) is 0 Å². The van der Waals surface area contributed by atoms with Crippen molar-refractivity contribution in [3.05, 3.63) is 24.8 Å². The van der Waals surface area contributed by atoms with Crippen molar-refractivity contribution >= 4 is 12.8 Å². The molecule has 0 aliphatic rings. The van der Waals surface area contributed by atoms with E-state index in [1.807, 2.05) is 0 Å². The second-order valence-electron chi connectivity index (χ2n) is 1.12. The molecule has 0 N–H and O–H groups in total. The minimum absolute atomic E-state index is 0. The van der Waals surface area contributed by atoms with Gasteiger partial charge in [0.1, 0.15) is 6.20 Å². The Kier molecular flexibility index (Phi) is 8.86. The largest absolute Gasteiger partial charge is 0.555 e. The molecule has 9 heavy (non-hydrogen) atoms. The molecule has 0 fully saturated rings. The molecule has 0 unspecified atom stereocenters. The summed E-state index contributed by atoms with van der Waals surface area (Å²) in [5.41, 5.74) is 0. The van der Waals surface area contributed by atoms with Gasteiger partial charge in [0.15, 0.2) is 0 Å². The molecule has 1 rings (SSSR count). The molecule has 0 bridgehead atoms. The Morgan fingerprint density at radius 1 is 1.44 bits per heavy atom. The van der Waals surface area contributed by atoms with Gasteiger partial charge in [0, 0.05) is 42.6 Å². The molecule has 1 radical (unpaired) electrons. The van der Waals surface area contributed by atoms with Crippen molar-refractivity contribution in [3.63, 3.8) is 0 Å². The summed E-state index contributed by atoms with van der Waals surface area (Å²) in [7, 11) is 0. The normalized spacial score (nSPS) is 6.67. The number of nitrogens with zero attached hydrogens (tertiary/aromatic N) is 2. The standard InChI is InChI=1S/C4H4N2S.Cu.Zn/c7-6-3-1-2-5-4-6;;/h1-4H;;. The maximum atomic E-state index is 4.67. The summed E-state index contributed by atoms with van der Waals surface area (Å²) in [6.45, 7) is 0. The van der Waals surface area contributed by atoms with Crippen LogP contribution >= 0.6 is 0 Å². The predicted octanol–water partition coefficient (Wildman–Crippen LogP) is -0.326. The second-order valence-corrected chi connectivity index (χ2v) is 1.54. The van der Waals surface area contributed by atoms with Gasteiger partial charge < -0.3 is 16.8 Å². The van der Waals surface area contributed by atoms with Gasteiger partial charge in [-0.15, -0.1) is 0 Å². The first kappa shape index (κ1) is 12.2. The molecule has 1 heterocycles. The van der Waals surface area contributed by atoms with Gasteiger partial charge in [-0.05, 0) is 0 Å². The van der Waals surface area contributed by atoms with Crippen LogP contribution in [0, 0.1) is 0 Å². The first-order chi connectivity index (χ1) is 3.39. The van der Waals surface area contributed by atoms with E-state index in [0.29, 0.717) is 0 Å². The summed E-state index contributed by atoms with van der Waals surface area (Å²) in [5, 5.41) is 0. The molecule has 0 saturated carbocycles. The van der Waals surface area contributed by atoms with Crippen LogP contribution < -0.4 is 3.97 Å². The van der Waals surface area contributed by atoms with Crippen LogP contribution in [-0.4, -0.2) is 4.98 Å². The predicted molar refractivity (Wildman–Crippen MR) is 27.2 cm³/mol. The third-order valence-corrected chi connectivity index (χ3v) is 0.802. The van der Waals surface area contributed by atoms with Crippen molar-refractivity contribution in [3.8, 4) is 0 Å². The molecule has 0 spiro atoms. The first-order valence-electron chi connectivity index (χ1n) is 1.88. The molecule has 0 aliphatic heterocycles. The minimum Gasteiger partial charge on any atom is -0.555 e. The van der Waals surface area contributed by atoms with E-state index < -0.39 is 0 Å². The monoisotopic (exact) mass is 239 g/mol. The van der Waals surface area contributed by atoms with Crippen molar-refractivity contribution in [2.24, 2.45) is 0 Å². The Bertz CT molecular complexity index is 148. The number of hydrogen-bond acceptors (Lipinski definition) is 2. The van der Waals surface area contributed by atoms with Gasteiger partial charge >= 0.3 is 0 Å². The number of hydrogen-bond donors (Lipinski definition) is 0. The average molecular weight is 241 g/mol. The van der Waals surface area contributed by atoms with Crippen LogP contribution in [-0.2, 0) is 49.4 Å². The molecular formula is C4H4CuN2SZn. The van der Waals surface area contributed by atoms with Crippen molar-refractivity contribution in [2.75, 3.05) is 0 Å². The maximum absolute atomic E-state index is 4.67. The van der Waals surface area contributed by atoms with Gasteiger partial charge in [-0.2, -0.15) is 0 Å². The van der Waals surface area contributed by atoms with Crippen LogP contribution in [0.15, 0.2) is 24.8 Å². The SMILES string of the molecule is [Cu].[S-][n+]1cccnc1.[Zn]. The van der Waals surface area contributed by atoms with Crippen LogP contribution in [0.5, 0.6) is 0 Å². The van der Waals surface area contributed by atoms with Gasteiger partial charge in [-0.1, -0.05) is 4.98 Å². The smallest absolute Gasteiger partial charge is 0.268 e. The van der Waals surface area contributed by atoms with Gasteiger partial charge in [-0.25, -0.2) is 0 Å². The molecule has 5 heteroatoms. The quantitative estimate of drug-likeness (QED) is 0.351. The molecule has 0 saturated heterocycles. The maximum Gasteiger partial charge on any atom is 0.268 e. The summed E-state index contributed by atoms with van der Waals surface area (Å²) >= 11 is 4.67. The van der Waals surface area contributed by atoms with Crippen molar-refractivity contribution < 1.29 is 40.5 Å². The van der Waals surface area contributed by atoms with E-state index in [1.165, 1.54) is 3.97 Å². The Labute approximate surface area is 82.9 Å². The Morgan fingerprint density at radius 3 is 2.33 bits per heavy atom. The Hall–Kier alpha value is 0.443. The molecule has 0 atom stereocenters. The fraction of sp³-hybridized carbons (Fsp3) is 0. The summed E-state index contributed by atoms with van der Waals surface area (Å²) in [5.74, 6) is 0. The van der Waals surface area contributed by atoms with Crippen molar-refractivity contribution in [1.82, 2.24) is 4.98 Å². The Balaban J connectivity index is 0. The molecule has 1 aromatic heterocycles. The zero-order valence-corrected chi connectivity index (χ0v) is 9.35. The summed E-state index contributed by atoms with van der Waals surface area (Å²) in [4.78, 5) is 3.74. The molecule has 0 aliphatic carbocycles. The van der Waals surface area contributed by atoms with E-state index in [9.17, 15) is 0 Å². The summed E-state index contributed by atoms with van der Waals surface area (Å²) in [6.07, 6.45) is 5.00. The second kappa shape index (κ2) is 6.56. The number of rotatable bonds is 0. The van der Waals surface area contributed by atoms with Gasteiger partial charge in [-0.3, -0.25) is 0 Å². The average Bonchev–Trinajstić information content (AvgIpc) is 1.69. The fourth-order valence-electron chi connectivity index (χ4n) is 0.316. The summed E-state index contributed by atoms with van der Waals surface area (Å²) in [6, 6.07) is 1.78.